The summed E-state index contributed by atoms with van der Waals surface area (Å²) in [6.07, 6.45) is 4.42. The van der Waals surface area contributed by atoms with Crippen molar-refractivity contribution in [1.29, 1.82) is 0 Å². The average Bonchev–Trinajstić information content (AvgIpc) is 3.09. The Hall–Kier alpha value is -2.66. The van der Waals surface area contributed by atoms with Crippen molar-refractivity contribution in [2.75, 3.05) is 6.61 Å². The molecule has 1 aromatic heterocycles. The Morgan fingerprint density at radius 2 is 1.86 bits per heavy atom. The molecular formula is C24H30N2O3. The van der Waals surface area contributed by atoms with E-state index in [1.54, 1.807) is 0 Å². The van der Waals surface area contributed by atoms with Crippen LogP contribution in [0.25, 0.3) is 5.57 Å². The van der Waals surface area contributed by atoms with Gasteiger partial charge in [0.1, 0.15) is 0 Å². The Bertz CT molecular complexity index is 949. The van der Waals surface area contributed by atoms with Crippen molar-refractivity contribution < 1.29 is 9.90 Å². The van der Waals surface area contributed by atoms with E-state index in [1.807, 2.05) is 18.2 Å². The number of hydrogen-bond acceptors (Lipinski definition) is 3. The summed E-state index contributed by atoms with van der Waals surface area (Å²) in [5, 5.41) is 12.0. The number of rotatable bonds is 6. The first kappa shape index (κ1) is 21.1. The fourth-order valence-corrected chi connectivity index (χ4v) is 3.58. The number of H-pyrrole nitrogens is 1. The maximum absolute atomic E-state index is 12.5. The highest BCUT2D eigenvalue weighted by Crippen LogP contribution is 2.28. The van der Waals surface area contributed by atoms with Crippen LogP contribution in [0.3, 0.4) is 0 Å². The van der Waals surface area contributed by atoms with Gasteiger partial charge in [0, 0.05) is 35.9 Å². The van der Waals surface area contributed by atoms with E-state index in [0.717, 1.165) is 23.3 Å². The standard InChI is InChI=1S/C24H30N2O3/c1-24(2,3)18-9-6-16(7-10-18)20(15-19-11-13-22(28)25-19)21-12-8-17(5-4-14-27)23(29)26-21/h6-10,12,15,19,27H,4-5,11,13-14H2,1-3H3,(H,25,28)(H,26,29)/b20-15-/t19-/m1/s1. The lowest BCUT2D eigenvalue weighted by molar-refractivity contribution is -0.119. The van der Waals surface area contributed by atoms with E-state index < -0.39 is 0 Å². The van der Waals surface area contributed by atoms with Gasteiger partial charge in [0.2, 0.25) is 5.91 Å². The zero-order valence-corrected chi connectivity index (χ0v) is 17.4. The van der Waals surface area contributed by atoms with Crippen LogP contribution in [0.1, 0.15) is 62.4 Å². The second kappa shape index (κ2) is 8.78. The van der Waals surface area contributed by atoms with Crippen LogP contribution >= 0.6 is 0 Å². The van der Waals surface area contributed by atoms with Gasteiger partial charge >= 0.3 is 0 Å². The number of pyridine rings is 1. The van der Waals surface area contributed by atoms with Gasteiger partial charge in [0.25, 0.3) is 5.56 Å². The van der Waals surface area contributed by atoms with E-state index in [2.05, 4.69) is 55.3 Å². The van der Waals surface area contributed by atoms with E-state index >= 15 is 0 Å². The number of hydrogen-bond donors (Lipinski definition) is 3. The molecule has 0 bridgehead atoms. The molecule has 0 unspecified atom stereocenters. The first-order valence-electron chi connectivity index (χ1n) is 10.2. The fourth-order valence-electron chi connectivity index (χ4n) is 3.58. The number of aliphatic hydroxyl groups excluding tert-OH is 1. The van der Waals surface area contributed by atoms with Crippen molar-refractivity contribution in [3.63, 3.8) is 0 Å². The van der Waals surface area contributed by atoms with Crippen LogP contribution in [0.5, 0.6) is 0 Å². The molecule has 1 fully saturated rings. The summed E-state index contributed by atoms with van der Waals surface area (Å²) in [6.45, 7) is 6.59. The molecule has 1 saturated heterocycles. The lowest BCUT2D eigenvalue weighted by atomic mass is 9.86. The fraction of sp³-hybridized carbons (Fsp3) is 0.417. The summed E-state index contributed by atoms with van der Waals surface area (Å²) in [5.74, 6) is 0.0570. The first-order valence-corrected chi connectivity index (χ1v) is 10.2. The molecule has 3 N–H and O–H groups in total. The van der Waals surface area contributed by atoms with E-state index in [-0.39, 0.29) is 29.5 Å². The quantitative estimate of drug-likeness (QED) is 0.703. The average molecular weight is 395 g/mol. The van der Waals surface area contributed by atoms with Crippen molar-refractivity contribution in [1.82, 2.24) is 10.3 Å². The number of benzene rings is 1. The van der Waals surface area contributed by atoms with Crippen molar-refractivity contribution in [3.8, 4) is 0 Å². The number of amides is 1. The summed E-state index contributed by atoms with van der Waals surface area (Å²) >= 11 is 0. The third-order valence-corrected chi connectivity index (χ3v) is 5.34. The first-order chi connectivity index (χ1) is 13.8. The number of carbonyl (C=O) groups is 1. The van der Waals surface area contributed by atoms with E-state index in [9.17, 15) is 9.59 Å². The van der Waals surface area contributed by atoms with Gasteiger partial charge in [-0.2, -0.15) is 0 Å². The number of aromatic amines is 1. The SMILES string of the molecule is CC(C)(C)c1ccc(/C(=C/[C@H]2CCC(=O)N2)c2ccc(CCCO)c(=O)[nH]2)cc1. The van der Waals surface area contributed by atoms with Crippen LogP contribution in [-0.2, 0) is 16.6 Å². The molecule has 0 aliphatic carbocycles. The van der Waals surface area contributed by atoms with Crippen LogP contribution in [0, 0.1) is 0 Å². The molecule has 1 aliphatic rings. The highest BCUT2D eigenvalue weighted by Gasteiger charge is 2.21. The molecule has 2 heterocycles. The molecule has 0 radical (unpaired) electrons. The largest absolute Gasteiger partial charge is 0.396 e. The van der Waals surface area contributed by atoms with Gasteiger partial charge in [0.15, 0.2) is 0 Å². The molecular weight excluding hydrogens is 364 g/mol. The second-order valence-corrected chi connectivity index (χ2v) is 8.67. The molecule has 0 saturated carbocycles. The molecule has 154 valence electrons. The maximum Gasteiger partial charge on any atom is 0.251 e. The molecule has 2 aromatic rings. The molecule has 29 heavy (non-hydrogen) atoms. The van der Waals surface area contributed by atoms with Crippen LogP contribution in [0.4, 0.5) is 0 Å². The number of aliphatic hydroxyl groups is 1. The molecule has 1 aromatic carbocycles. The minimum Gasteiger partial charge on any atom is -0.396 e. The summed E-state index contributed by atoms with van der Waals surface area (Å²) < 4.78 is 0. The van der Waals surface area contributed by atoms with Crippen LogP contribution in [0.15, 0.2) is 47.3 Å². The van der Waals surface area contributed by atoms with Gasteiger partial charge in [-0.3, -0.25) is 9.59 Å². The molecule has 0 spiro atoms. The topological polar surface area (TPSA) is 82.2 Å². The molecule has 5 nitrogen and oxygen atoms in total. The van der Waals surface area contributed by atoms with Gasteiger partial charge in [-0.15, -0.1) is 0 Å². The van der Waals surface area contributed by atoms with Crippen LogP contribution in [-0.4, -0.2) is 28.6 Å². The number of aryl methyl sites for hydroxylation is 1. The van der Waals surface area contributed by atoms with Crippen molar-refractivity contribution in [2.24, 2.45) is 0 Å². The third-order valence-electron chi connectivity index (χ3n) is 5.34. The minimum absolute atomic E-state index is 0.0441. The molecule has 3 rings (SSSR count). The monoisotopic (exact) mass is 394 g/mol. The van der Waals surface area contributed by atoms with Crippen molar-refractivity contribution in [2.45, 2.75) is 57.9 Å². The zero-order chi connectivity index (χ0) is 21.0. The molecule has 1 atom stereocenters. The highest BCUT2D eigenvalue weighted by molar-refractivity contribution is 5.82. The normalized spacial score (nSPS) is 17.4. The van der Waals surface area contributed by atoms with Gasteiger partial charge in [-0.05, 0) is 41.9 Å². The second-order valence-electron chi connectivity index (χ2n) is 8.67. The van der Waals surface area contributed by atoms with Gasteiger partial charge in [0.05, 0.1) is 0 Å². The molecule has 1 amide bonds. The Morgan fingerprint density at radius 3 is 2.41 bits per heavy atom. The van der Waals surface area contributed by atoms with E-state index in [1.165, 1.54) is 5.56 Å². The smallest absolute Gasteiger partial charge is 0.251 e. The van der Waals surface area contributed by atoms with Crippen molar-refractivity contribution >= 4 is 11.5 Å². The zero-order valence-electron chi connectivity index (χ0n) is 17.4. The van der Waals surface area contributed by atoms with E-state index in [4.69, 9.17) is 5.11 Å². The number of aromatic nitrogens is 1. The Morgan fingerprint density at radius 1 is 1.14 bits per heavy atom. The molecule has 1 aliphatic heterocycles. The van der Waals surface area contributed by atoms with Gasteiger partial charge in [-0.1, -0.05) is 57.2 Å². The summed E-state index contributed by atoms with van der Waals surface area (Å²) in [4.78, 5) is 27.2. The summed E-state index contributed by atoms with van der Waals surface area (Å²) in [7, 11) is 0. The minimum atomic E-state index is -0.136. The van der Waals surface area contributed by atoms with Crippen molar-refractivity contribution in [3.05, 3.63) is 75.2 Å². The lowest BCUT2D eigenvalue weighted by Gasteiger charge is -2.20. The number of carbonyl (C=O) groups excluding carboxylic acids is 1. The summed E-state index contributed by atoms with van der Waals surface area (Å²) in [6, 6.07) is 12.1. The van der Waals surface area contributed by atoms with Crippen LogP contribution < -0.4 is 10.9 Å². The lowest BCUT2D eigenvalue weighted by Crippen LogP contribution is -2.24. The van der Waals surface area contributed by atoms with Gasteiger partial charge in [-0.25, -0.2) is 0 Å². The summed E-state index contributed by atoms with van der Waals surface area (Å²) in [5.41, 5.74) is 4.46. The van der Waals surface area contributed by atoms with Gasteiger partial charge < -0.3 is 15.4 Å². The predicted octanol–water partition coefficient (Wildman–Crippen LogP) is 3.31. The Balaban J connectivity index is 2.00. The predicted molar refractivity (Wildman–Crippen MR) is 116 cm³/mol. The number of nitrogens with one attached hydrogen (secondary N) is 2. The Kier molecular flexibility index (Phi) is 6.38. The molecule has 5 heteroatoms. The van der Waals surface area contributed by atoms with Crippen LogP contribution in [0.2, 0.25) is 0 Å². The Labute approximate surface area is 171 Å². The third kappa shape index (κ3) is 5.24. The maximum atomic E-state index is 12.5. The highest BCUT2D eigenvalue weighted by atomic mass is 16.3. The van der Waals surface area contributed by atoms with E-state index in [0.29, 0.717) is 24.8 Å².